The molecule has 2 aromatic rings. The van der Waals surface area contributed by atoms with Gasteiger partial charge in [0, 0.05) is 36.3 Å². The first kappa shape index (κ1) is 12.7. The summed E-state index contributed by atoms with van der Waals surface area (Å²) in [6.07, 6.45) is 0. The molecule has 0 aliphatic carbocycles. The molecule has 3 rings (SSSR count). The monoisotopic (exact) mass is 316 g/mol. The van der Waals surface area contributed by atoms with Crippen molar-refractivity contribution in [1.82, 2.24) is 4.90 Å². The van der Waals surface area contributed by atoms with Crippen LogP contribution in [-0.2, 0) is 13.1 Å². The van der Waals surface area contributed by atoms with E-state index in [1.54, 1.807) is 0 Å². The Morgan fingerprint density at radius 2 is 1.58 bits per heavy atom. The van der Waals surface area contributed by atoms with E-state index in [1.807, 2.05) is 6.07 Å². The summed E-state index contributed by atoms with van der Waals surface area (Å²) in [6, 6.07) is 17.0. The van der Waals surface area contributed by atoms with Gasteiger partial charge in [-0.15, -0.1) is 0 Å². The Hall–Kier alpha value is -1.32. The van der Waals surface area contributed by atoms with Gasteiger partial charge in [-0.25, -0.2) is 0 Å². The van der Waals surface area contributed by atoms with Gasteiger partial charge in [0.15, 0.2) is 0 Å². The third-order valence-corrected chi connectivity index (χ3v) is 4.22. The van der Waals surface area contributed by atoms with E-state index in [0.717, 1.165) is 30.7 Å². The van der Waals surface area contributed by atoms with Gasteiger partial charge in [0.05, 0.1) is 0 Å². The zero-order valence-corrected chi connectivity index (χ0v) is 12.4. The maximum Gasteiger partial charge on any atom is 0.0485 e. The predicted molar refractivity (Wildman–Crippen MR) is 83.2 cm³/mol. The molecule has 0 saturated heterocycles. The number of halogens is 1. The van der Waals surface area contributed by atoms with Crippen molar-refractivity contribution in [3.63, 3.8) is 0 Å². The van der Waals surface area contributed by atoms with Crippen LogP contribution >= 0.6 is 15.9 Å². The molecule has 0 fully saturated rings. The second-order valence-corrected chi connectivity index (χ2v) is 5.74. The maximum atomic E-state index is 3.56. The van der Waals surface area contributed by atoms with Crippen LogP contribution in [0.2, 0.25) is 0 Å². The largest absolute Gasteiger partial charge is 0.383 e. The number of benzene rings is 2. The lowest BCUT2D eigenvalue weighted by atomic mass is 10.1. The van der Waals surface area contributed by atoms with Crippen molar-refractivity contribution in [1.29, 1.82) is 0 Å². The van der Waals surface area contributed by atoms with E-state index in [9.17, 15) is 0 Å². The highest BCUT2D eigenvalue weighted by atomic mass is 79.9. The molecule has 0 atom stereocenters. The second-order valence-electron chi connectivity index (χ2n) is 4.89. The summed E-state index contributed by atoms with van der Waals surface area (Å²) in [4.78, 5) is 2.48. The minimum Gasteiger partial charge on any atom is -0.383 e. The van der Waals surface area contributed by atoms with Gasteiger partial charge in [-0.2, -0.15) is 0 Å². The molecule has 0 bridgehead atoms. The predicted octanol–water partition coefficient (Wildman–Crippen LogP) is 3.88. The van der Waals surface area contributed by atoms with E-state index >= 15 is 0 Å². The van der Waals surface area contributed by atoms with Crippen LogP contribution < -0.4 is 5.32 Å². The highest BCUT2D eigenvalue weighted by Gasteiger charge is 2.17. The molecule has 0 unspecified atom stereocenters. The number of hydrogen-bond acceptors (Lipinski definition) is 2. The summed E-state index contributed by atoms with van der Waals surface area (Å²) in [6.45, 7) is 4.19. The average molecular weight is 317 g/mol. The standard InChI is InChI=1S/C16H17BrN2/c17-15-7-3-4-8-16(15)18-9-10-19-11-13-5-1-2-6-14(13)12-19/h1-8,18H,9-12H2. The summed E-state index contributed by atoms with van der Waals surface area (Å²) < 4.78 is 1.12. The van der Waals surface area contributed by atoms with Crippen LogP contribution in [0.3, 0.4) is 0 Å². The van der Waals surface area contributed by atoms with Crippen molar-refractivity contribution in [2.45, 2.75) is 13.1 Å². The van der Waals surface area contributed by atoms with Crippen LogP contribution in [0, 0.1) is 0 Å². The van der Waals surface area contributed by atoms with Gasteiger partial charge in [0.2, 0.25) is 0 Å². The van der Waals surface area contributed by atoms with E-state index in [4.69, 9.17) is 0 Å². The topological polar surface area (TPSA) is 15.3 Å². The fraction of sp³-hybridized carbons (Fsp3) is 0.250. The molecule has 1 aliphatic rings. The molecule has 1 N–H and O–H groups in total. The van der Waals surface area contributed by atoms with Crippen LogP contribution in [0.5, 0.6) is 0 Å². The second kappa shape index (κ2) is 5.76. The van der Waals surface area contributed by atoms with Crippen LogP contribution in [0.25, 0.3) is 0 Å². The average Bonchev–Trinajstić information content (AvgIpc) is 2.83. The molecule has 19 heavy (non-hydrogen) atoms. The number of hydrogen-bond donors (Lipinski definition) is 1. The van der Waals surface area contributed by atoms with Crippen LogP contribution in [-0.4, -0.2) is 18.0 Å². The first-order valence-electron chi connectivity index (χ1n) is 6.60. The van der Waals surface area contributed by atoms with Crippen LogP contribution in [0.4, 0.5) is 5.69 Å². The number of fused-ring (bicyclic) bond motifs is 1. The SMILES string of the molecule is Brc1ccccc1NCCN1Cc2ccccc2C1. The third kappa shape index (κ3) is 2.99. The number of nitrogens with zero attached hydrogens (tertiary/aromatic N) is 1. The summed E-state index contributed by atoms with van der Waals surface area (Å²) in [5.41, 5.74) is 4.12. The van der Waals surface area contributed by atoms with Crippen molar-refractivity contribution in [2.24, 2.45) is 0 Å². The van der Waals surface area contributed by atoms with Gasteiger partial charge in [-0.3, -0.25) is 4.90 Å². The fourth-order valence-corrected chi connectivity index (χ4v) is 2.94. The first-order chi connectivity index (χ1) is 9.33. The molecule has 0 spiro atoms. The molecule has 3 heteroatoms. The molecule has 0 saturated carbocycles. The normalized spacial score (nSPS) is 14.4. The van der Waals surface area contributed by atoms with E-state index < -0.39 is 0 Å². The number of nitrogens with one attached hydrogen (secondary N) is 1. The lowest BCUT2D eigenvalue weighted by molar-refractivity contribution is 0.296. The van der Waals surface area contributed by atoms with E-state index in [-0.39, 0.29) is 0 Å². The minimum absolute atomic E-state index is 0.969. The highest BCUT2D eigenvalue weighted by molar-refractivity contribution is 9.10. The molecular formula is C16H17BrN2. The molecule has 98 valence electrons. The van der Waals surface area contributed by atoms with Crippen molar-refractivity contribution in [3.8, 4) is 0 Å². The van der Waals surface area contributed by atoms with Gasteiger partial charge in [-0.05, 0) is 39.2 Å². The van der Waals surface area contributed by atoms with Gasteiger partial charge in [0.25, 0.3) is 0 Å². The van der Waals surface area contributed by atoms with Gasteiger partial charge < -0.3 is 5.32 Å². The fourth-order valence-electron chi connectivity index (χ4n) is 2.52. The Morgan fingerprint density at radius 1 is 0.947 bits per heavy atom. The summed E-state index contributed by atoms with van der Waals surface area (Å²) in [5.74, 6) is 0. The quantitative estimate of drug-likeness (QED) is 0.921. The number of anilines is 1. The van der Waals surface area contributed by atoms with E-state index in [2.05, 4.69) is 68.6 Å². The van der Waals surface area contributed by atoms with E-state index in [0.29, 0.717) is 0 Å². The van der Waals surface area contributed by atoms with Crippen molar-refractivity contribution < 1.29 is 0 Å². The van der Waals surface area contributed by atoms with Crippen molar-refractivity contribution >= 4 is 21.6 Å². The number of para-hydroxylation sites is 1. The van der Waals surface area contributed by atoms with Gasteiger partial charge in [0.1, 0.15) is 0 Å². The summed E-state index contributed by atoms with van der Waals surface area (Å²) in [5, 5.41) is 3.48. The Balaban J connectivity index is 1.51. The maximum absolute atomic E-state index is 3.56. The first-order valence-corrected chi connectivity index (χ1v) is 7.40. The molecule has 2 aromatic carbocycles. The minimum atomic E-state index is 0.969. The molecular weight excluding hydrogens is 300 g/mol. The third-order valence-electron chi connectivity index (χ3n) is 3.52. The Bertz CT molecular complexity index is 543. The zero-order valence-electron chi connectivity index (χ0n) is 10.8. The molecule has 2 nitrogen and oxygen atoms in total. The lowest BCUT2D eigenvalue weighted by Crippen LogP contribution is -2.24. The summed E-state index contributed by atoms with van der Waals surface area (Å²) >= 11 is 3.56. The van der Waals surface area contributed by atoms with Gasteiger partial charge >= 0.3 is 0 Å². The zero-order chi connectivity index (χ0) is 13.1. The number of rotatable bonds is 4. The molecule has 1 aliphatic heterocycles. The Morgan fingerprint density at radius 3 is 2.26 bits per heavy atom. The Kier molecular flexibility index (Phi) is 3.85. The molecule has 0 aromatic heterocycles. The van der Waals surface area contributed by atoms with Crippen molar-refractivity contribution in [2.75, 3.05) is 18.4 Å². The highest BCUT2D eigenvalue weighted by Crippen LogP contribution is 2.23. The molecule has 0 amide bonds. The molecule has 1 heterocycles. The smallest absolute Gasteiger partial charge is 0.0485 e. The molecule has 0 radical (unpaired) electrons. The van der Waals surface area contributed by atoms with E-state index in [1.165, 1.54) is 16.8 Å². The van der Waals surface area contributed by atoms with Gasteiger partial charge in [-0.1, -0.05) is 36.4 Å². The van der Waals surface area contributed by atoms with Crippen LogP contribution in [0.1, 0.15) is 11.1 Å². The summed E-state index contributed by atoms with van der Waals surface area (Å²) in [7, 11) is 0. The lowest BCUT2D eigenvalue weighted by Gasteiger charge is -2.16. The Labute approximate surface area is 122 Å². The van der Waals surface area contributed by atoms with Crippen molar-refractivity contribution in [3.05, 3.63) is 64.1 Å². The van der Waals surface area contributed by atoms with Crippen LogP contribution in [0.15, 0.2) is 53.0 Å².